The van der Waals surface area contributed by atoms with E-state index in [9.17, 15) is 4.79 Å². The highest BCUT2D eigenvalue weighted by molar-refractivity contribution is 14.0. The summed E-state index contributed by atoms with van der Waals surface area (Å²) in [5.74, 6) is 0.691. The first-order chi connectivity index (χ1) is 14.0. The predicted molar refractivity (Wildman–Crippen MR) is 133 cm³/mol. The van der Waals surface area contributed by atoms with E-state index in [1.807, 2.05) is 41.5 Å². The lowest BCUT2D eigenvalue weighted by Crippen LogP contribution is -2.54. The van der Waals surface area contributed by atoms with Gasteiger partial charge in [0, 0.05) is 33.9 Å². The van der Waals surface area contributed by atoms with Gasteiger partial charge < -0.3 is 29.6 Å². The van der Waals surface area contributed by atoms with Gasteiger partial charge >= 0.3 is 6.09 Å². The van der Waals surface area contributed by atoms with E-state index in [0.29, 0.717) is 32.3 Å². The van der Waals surface area contributed by atoms with Crippen LogP contribution >= 0.6 is 24.0 Å². The average Bonchev–Trinajstić information content (AvgIpc) is 2.86. The van der Waals surface area contributed by atoms with E-state index >= 15 is 0 Å². The van der Waals surface area contributed by atoms with Crippen LogP contribution in [-0.2, 0) is 18.9 Å². The highest BCUT2D eigenvalue weighted by Gasteiger charge is 2.49. The fourth-order valence-electron chi connectivity index (χ4n) is 3.33. The number of rotatable bonds is 10. The normalized spacial score (nSPS) is 20.9. The molecular weight excluding hydrogens is 515 g/mol. The Labute approximate surface area is 205 Å². The van der Waals surface area contributed by atoms with Crippen molar-refractivity contribution in [3.05, 3.63) is 0 Å². The molecule has 1 rings (SSSR count). The topological polar surface area (TPSA) is 93.7 Å². The van der Waals surface area contributed by atoms with Gasteiger partial charge in [-0.15, -0.1) is 24.0 Å². The summed E-state index contributed by atoms with van der Waals surface area (Å²) >= 11 is 0. The molecule has 1 aliphatic rings. The Balaban J connectivity index is 0.00000900. The summed E-state index contributed by atoms with van der Waals surface area (Å²) in [6, 6.07) is -0.178. The molecule has 0 aromatic heterocycles. The van der Waals surface area contributed by atoms with Crippen LogP contribution < -0.4 is 10.6 Å². The molecule has 1 saturated heterocycles. The van der Waals surface area contributed by atoms with Gasteiger partial charge in [0.15, 0.2) is 5.96 Å². The molecule has 0 aliphatic carbocycles. The van der Waals surface area contributed by atoms with Crippen LogP contribution in [0.3, 0.4) is 0 Å². The number of hydrogen-bond donors (Lipinski definition) is 2. The molecule has 1 aliphatic heterocycles. The molecule has 0 saturated carbocycles. The average molecular weight is 559 g/mol. The summed E-state index contributed by atoms with van der Waals surface area (Å²) in [6.45, 7) is 14.6. The fraction of sp³-hybridized carbons (Fsp3) is 0.905. The molecule has 0 aromatic carbocycles. The second-order valence-electron chi connectivity index (χ2n) is 8.88. The molecule has 10 heteroatoms. The number of amides is 1. The molecule has 0 bridgehead atoms. The van der Waals surface area contributed by atoms with Crippen LogP contribution in [0.25, 0.3) is 0 Å². The summed E-state index contributed by atoms with van der Waals surface area (Å²) < 4.78 is 22.0. The third-order valence-electron chi connectivity index (χ3n) is 4.66. The van der Waals surface area contributed by atoms with Crippen molar-refractivity contribution >= 4 is 36.0 Å². The molecule has 9 nitrogen and oxygen atoms in total. The van der Waals surface area contributed by atoms with E-state index in [4.69, 9.17) is 18.9 Å². The molecule has 31 heavy (non-hydrogen) atoms. The van der Waals surface area contributed by atoms with Crippen LogP contribution in [0.5, 0.6) is 0 Å². The lowest BCUT2D eigenvalue weighted by molar-refractivity contribution is -0.0755. The van der Waals surface area contributed by atoms with E-state index in [1.165, 1.54) is 0 Å². The third-order valence-corrected chi connectivity index (χ3v) is 4.66. The maximum Gasteiger partial charge on any atom is 0.412 e. The van der Waals surface area contributed by atoms with Crippen molar-refractivity contribution in [3.63, 3.8) is 0 Å². The second kappa shape index (κ2) is 14.3. The fourth-order valence-corrected chi connectivity index (χ4v) is 3.33. The lowest BCUT2D eigenvalue weighted by Gasteiger charge is -2.35. The van der Waals surface area contributed by atoms with Crippen molar-refractivity contribution < 1.29 is 23.7 Å². The zero-order valence-corrected chi connectivity index (χ0v) is 22.8. The first-order valence-corrected chi connectivity index (χ1v) is 10.7. The monoisotopic (exact) mass is 558 g/mol. The van der Waals surface area contributed by atoms with Crippen LogP contribution in [0.15, 0.2) is 4.99 Å². The van der Waals surface area contributed by atoms with Gasteiger partial charge in [0.2, 0.25) is 0 Å². The highest BCUT2D eigenvalue weighted by atomic mass is 127. The predicted octanol–water partition coefficient (Wildman–Crippen LogP) is 2.97. The molecule has 0 aromatic rings. The van der Waals surface area contributed by atoms with Gasteiger partial charge in [-0.2, -0.15) is 0 Å². The van der Waals surface area contributed by atoms with Gasteiger partial charge in [-0.1, -0.05) is 0 Å². The van der Waals surface area contributed by atoms with Crippen LogP contribution in [0.4, 0.5) is 4.79 Å². The van der Waals surface area contributed by atoms with Crippen LogP contribution in [-0.4, -0.2) is 87.5 Å². The van der Waals surface area contributed by atoms with Gasteiger partial charge in [-0.25, -0.2) is 4.79 Å². The summed E-state index contributed by atoms with van der Waals surface area (Å²) in [6.07, 6.45) is 1.41. The molecule has 2 N–H and O–H groups in total. The van der Waals surface area contributed by atoms with Gasteiger partial charge in [0.05, 0.1) is 25.4 Å². The Bertz CT molecular complexity index is 554. The van der Waals surface area contributed by atoms with E-state index in [-0.39, 0.29) is 42.2 Å². The summed E-state index contributed by atoms with van der Waals surface area (Å²) in [7, 11) is 3.39. The zero-order chi connectivity index (χ0) is 22.8. The molecule has 0 radical (unpaired) electrons. The Kier molecular flexibility index (Phi) is 13.9. The van der Waals surface area contributed by atoms with Crippen molar-refractivity contribution in [2.24, 2.45) is 4.99 Å². The molecule has 1 heterocycles. The van der Waals surface area contributed by atoms with E-state index in [0.717, 1.165) is 19.4 Å². The lowest BCUT2D eigenvalue weighted by atomic mass is 10.1. The Hall–Kier alpha value is -0.850. The SMILES string of the molecule is CN=C(NCCCCOCCOC)NCC1C(C)OC(C)(C)N1C(=O)OC(C)(C)C.I. The van der Waals surface area contributed by atoms with Crippen molar-refractivity contribution in [3.8, 4) is 0 Å². The number of nitrogens with zero attached hydrogens (tertiary/aromatic N) is 2. The van der Waals surface area contributed by atoms with Gasteiger partial charge in [-0.05, 0) is 54.4 Å². The molecule has 1 amide bonds. The minimum absolute atomic E-state index is 0. The Morgan fingerprint density at radius 3 is 2.42 bits per heavy atom. The van der Waals surface area contributed by atoms with E-state index < -0.39 is 11.3 Å². The smallest absolute Gasteiger partial charge is 0.412 e. The van der Waals surface area contributed by atoms with Crippen LogP contribution in [0.2, 0.25) is 0 Å². The quantitative estimate of drug-likeness (QED) is 0.184. The number of nitrogens with one attached hydrogen (secondary N) is 2. The maximum absolute atomic E-state index is 12.8. The molecule has 184 valence electrons. The molecular formula is C21H43IN4O5. The Morgan fingerprint density at radius 1 is 1.16 bits per heavy atom. The standard InChI is InChI=1S/C21H42N4O5.HI/c1-16-17(25(21(5,6)29-16)19(26)30-20(2,3)4)15-24-18(22-7)23-11-9-10-12-28-14-13-27-8;/h16-17H,9-15H2,1-8H3,(H2,22,23,24);1H. The third kappa shape index (κ3) is 11.0. The number of methoxy groups -OCH3 is 1. The molecule has 2 unspecified atom stereocenters. The zero-order valence-electron chi connectivity index (χ0n) is 20.4. The largest absolute Gasteiger partial charge is 0.444 e. The number of carbonyl (C=O) groups is 1. The molecule has 0 spiro atoms. The number of unbranched alkanes of at least 4 members (excludes halogenated alkanes) is 1. The van der Waals surface area contributed by atoms with Crippen LogP contribution in [0.1, 0.15) is 54.4 Å². The number of carbonyl (C=O) groups excluding carboxylic acids is 1. The highest BCUT2D eigenvalue weighted by Crippen LogP contribution is 2.33. The Morgan fingerprint density at radius 2 is 1.84 bits per heavy atom. The van der Waals surface area contributed by atoms with Gasteiger partial charge in [0.1, 0.15) is 11.3 Å². The summed E-state index contributed by atoms with van der Waals surface area (Å²) in [4.78, 5) is 18.8. The van der Waals surface area contributed by atoms with Gasteiger partial charge in [0.25, 0.3) is 0 Å². The van der Waals surface area contributed by atoms with E-state index in [1.54, 1.807) is 19.1 Å². The summed E-state index contributed by atoms with van der Waals surface area (Å²) in [5.41, 5.74) is -1.31. The number of hydrogen-bond acceptors (Lipinski definition) is 6. The number of guanidine groups is 1. The first-order valence-electron chi connectivity index (χ1n) is 10.7. The number of halogens is 1. The minimum Gasteiger partial charge on any atom is -0.444 e. The van der Waals surface area contributed by atoms with Crippen molar-refractivity contribution in [1.82, 2.24) is 15.5 Å². The number of aliphatic imine (C=N–C) groups is 1. The van der Waals surface area contributed by atoms with Crippen molar-refractivity contribution in [1.29, 1.82) is 0 Å². The van der Waals surface area contributed by atoms with Crippen molar-refractivity contribution in [2.75, 3.05) is 47.1 Å². The number of ether oxygens (including phenoxy) is 4. The van der Waals surface area contributed by atoms with Crippen LogP contribution in [0, 0.1) is 0 Å². The second-order valence-corrected chi connectivity index (χ2v) is 8.88. The maximum atomic E-state index is 12.8. The minimum atomic E-state index is -0.742. The molecule has 1 fully saturated rings. The molecule has 2 atom stereocenters. The van der Waals surface area contributed by atoms with E-state index in [2.05, 4.69) is 15.6 Å². The first kappa shape index (κ1) is 30.1. The summed E-state index contributed by atoms with van der Waals surface area (Å²) in [5, 5.41) is 6.60. The van der Waals surface area contributed by atoms with Crippen molar-refractivity contribution in [2.45, 2.75) is 77.9 Å². The van der Waals surface area contributed by atoms with Gasteiger partial charge in [-0.3, -0.25) is 9.89 Å².